The quantitative estimate of drug-likeness (QED) is 0.579. The van der Waals surface area contributed by atoms with Crippen molar-refractivity contribution in [2.24, 2.45) is 4.99 Å². The molecule has 1 amide bonds. The number of hydrogen-bond donors (Lipinski definition) is 3. The van der Waals surface area contributed by atoms with Gasteiger partial charge in [-0.3, -0.25) is 19.6 Å². The van der Waals surface area contributed by atoms with Crippen LogP contribution in [-0.2, 0) is 0 Å². The predicted molar refractivity (Wildman–Crippen MR) is 97.4 cm³/mol. The number of aromatic amines is 2. The maximum atomic E-state index is 12.7. The summed E-state index contributed by atoms with van der Waals surface area (Å²) >= 11 is 4.82. The minimum Gasteiger partial charge on any atom is -0.494 e. The van der Waals surface area contributed by atoms with Crippen LogP contribution in [0.2, 0.25) is 0 Å². The van der Waals surface area contributed by atoms with E-state index in [9.17, 15) is 14.7 Å². The maximum absolute atomic E-state index is 12.7. The molecule has 3 N–H and O–H groups in total. The zero-order chi connectivity index (χ0) is 18.0. The molecule has 1 saturated heterocycles. The number of hydrogen-bond acceptors (Lipinski definition) is 5. The molecule has 1 aromatic carbocycles. The molecular formula is C17H18N4O3S. The normalized spacial score (nSPS) is 14.8. The zero-order valence-electron chi connectivity index (χ0n) is 13.7. The molecule has 0 spiro atoms. The number of carbonyl (C=O) groups is 1. The Labute approximate surface area is 149 Å². The molecule has 25 heavy (non-hydrogen) atoms. The van der Waals surface area contributed by atoms with E-state index in [1.807, 2.05) is 0 Å². The molecule has 2 aromatic rings. The van der Waals surface area contributed by atoms with Crippen LogP contribution in [0.3, 0.4) is 0 Å². The molecule has 7 nitrogen and oxygen atoms in total. The summed E-state index contributed by atoms with van der Waals surface area (Å²) in [6, 6.07) is 6.98. The van der Waals surface area contributed by atoms with Crippen LogP contribution >= 0.6 is 12.2 Å². The van der Waals surface area contributed by atoms with Crippen molar-refractivity contribution in [2.75, 3.05) is 13.1 Å². The Balaban J connectivity index is 2.03. The molecule has 1 fully saturated rings. The molecule has 1 aliphatic rings. The van der Waals surface area contributed by atoms with Crippen LogP contribution in [0, 0.1) is 4.77 Å². The summed E-state index contributed by atoms with van der Waals surface area (Å²) in [6.45, 7) is 3.08. The van der Waals surface area contributed by atoms with Crippen LogP contribution in [0.25, 0.3) is 0 Å². The third-order valence-corrected chi connectivity index (χ3v) is 4.30. The Bertz CT molecular complexity index is 955. The van der Waals surface area contributed by atoms with E-state index in [1.165, 1.54) is 0 Å². The van der Waals surface area contributed by atoms with Crippen molar-refractivity contribution in [2.45, 2.75) is 19.8 Å². The van der Waals surface area contributed by atoms with Crippen molar-refractivity contribution in [1.29, 1.82) is 0 Å². The number of nitrogens with one attached hydrogen (secondary N) is 2. The highest BCUT2D eigenvalue weighted by Crippen LogP contribution is 2.24. The maximum Gasteiger partial charge on any atom is 0.264 e. The Kier molecular flexibility index (Phi) is 4.80. The fourth-order valence-electron chi connectivity index (χ4n) is 2.89. The molecule has 2 heterocycles. The third-order valence-electron chi connectivity index (χ3n) is 4.10. The van der Waals surface area contributed by atoms with Crippen molar-refractivity contribution in [1.82, 2.24) is 14.9 Å². The Morgan fingerprint density at radius 1 is 1.24 bits per heavy atom. The van der Waals surface area contributed by atoms with Gasteiger partial charge >= 0.3 is 0 Å². The van der Waals surface area contributed by atoms with E-state index >= 15 is 0 Å². The number of rotatable bonds is 3. The van der Waals surface area contributed by atoms with Gasteiger partial charge in [0.15, 0.2) is 4.77 Å². The van der Waals surface area contributed by atoms with Crippen molar-refractivity contribution >= 4 is 29.5 Å². The highest BCUT2D eigenvalue weighted by molar-refractivity contribution is 7.71. The average Bonchev–Trinajstić information content (AvgIpc) is 3.08. The second-order valence-electron chi connectivity index (χ2n) is 5.85. The number of benzene rings is 1. The van der Waals surface area contributed by atoms with E-state index in [0.717, 1.165) is 25.9 Å². The van der Waals surface area contributed by atoms with Gasteiger partial charge in [-0.1, -0.05) is 12.1 Å². The first kappa shape index (κ1) is 17.1. The van der Waals surface area contributed by atoms with E-state index in [2.05, 4.69) is 15.0 Å². The smallest absolute Gasteiger partial charge is 0.264 e. The van der Waals surface area contributed by atoms with Gasteiger partial charge in [0.25, 0.3) is 11.5 Å². The van der Waals surface area contributed by atoms with E-state index in [0.29, 0.717) is 11.3 Å². The van der Waals surface area contributed by atoms with Crippen molar-refractivity contribution < 1.29 is 9.90 Å². The van der Waals surface area contributed by atoms with Crippen LogP contribution in [-0.4, -0.2) is 44.7 Å². The number of aromatic nitrogens is 2. The monoisotopic (exact) mass is 358 g/mol. The van der Waals surface area contributed by atoms with Gasteiger partial charge in [0.1, 0.15) is 5.56 Å². The zero-order valence-corrected chi connectivity index (χ0v) is 14.5. The first-order valence-corrected chi connectivity index (χ1v) is 8.37. The van der Waals surface area contributed by atoms with Gasteiger partial charge in [-0.25, -0.2) is 0 Å². The Hall–Kier alpha value is -2.74. The van der Waals surface area contributed by atoms with E-state index in [1.54, 1.807) is 36.1 Å². The molecule has 1 aromatic heterocycles. The van der Waals surface area contributed by atoms with Crippen molar-refractivity contribution in [3.63, 3.8) is 0 Å². The number of likely N-dealkylation sites (tertiary alicyclic amines) is 1. The van der Waals surface area contributed by atoms with E-state index < -0.39 is 5.56 Å². The largest absolute Gasteiger partial charge is 0.494 e. The molecule has 0 atom stereocenters. The second kappa shape index (κ2) is 7.02. The van der Waals surface area contributed by atoms with E-state index in [-0.39, 0.29) is 27.8 Å². The summed E-state index contributed by atoms with van der Waals surface area (Å²) in [5.74, 6) is -0.423. The standard InChI is InChI=1S/C17H18N4O3S/c1-10(13-14(22)19-17(25)20-15(13)23)18-12-7-3-2-6-11(12)16(24)21-8-4-5-9-21/h2-3,6-7H,4-5,8-9H2,1H3,(H3,19,20,22,23,25). The van der Waals surface area contributed by atoms with Gasteiger partial charge in [-0.2, -0.15) is 0 Å². The van der Waals surface area contributed by atoms with Crippen LogP contribution in [0.15, 0.2) is 34.1 Å². The number of amides is 1. The van der Waals surface area contributed by atoms with Crippen LogP contribution < -0.4 is 5.56 Å². The lowest BCUT2D eigenvalue weighted by atomic mass is 10.1. The lowest BCUT2D eigenvalue weighted by Gasteiger charge is -2.16. The van der Waals surface area contributed by atoms with E-state index in [4.69, 9.17) is 12.2 Å². The van der Waals surface area contributed by atoms with Crippen LogP contribution in [0.4, 0.5) is 5.69 Å². The van der Waals surface area contributed by atoms with Crippen molar-refractivity contribution in [3.05, 3.63) is 50.5 Å². The number of aromatic hydroxyl groups is 1. The molecule has 0 bridgehead atoms. The molecule has 0 unspecified atom stereocenters. The first-order chi connectivity index (χ1) is 12.0. The van der Waals surface area contributed by atoms with Gasteiger partial charge in [0.05, 0.1) is 17.0 Å². The molecule has 8 heteroatoms. The summed E-state index contributed by atoms with van der Waals surface area (Å²) in [6.07, 6.45) is 2.01. The predicted octanol–water partition coefficient (Wildman–Crippen LogP) is 2.51. The number of aliphatic imine (C=N–C) groups is 1. The SMILES string of the molecule is CC(=Nc1ccccc1C(=O)N1CCCC1)c1c(O)[nH]c(=S)[nH]c1=O. The summed E-state index contributed by atoms with van der Waals surface area (Å²) in [5.41, 5.74) is 0.677. The number of carbonyl (C=O) groups excluding carboxylic acids is 1. The highest BCUT2D eigenvalue weighted by atomic mass is 32.1. The van der Waals surface area contributed by atoms with Crippen LogP contribution in [0.5, 0.6) is 5.88 Å². The summed E-state index contributed by atoms with van der Waals surface area (Å²) in [7, 11) is 0. The number of H-pyrrole nitrogens is 2. The summed E-state index contributed by atoms with van der Waals surface area (Å²) in [5, 5.41) is 9.97. The van der Waals surface area contributed by atoms with Gasteiger partial charge < -0.3 is 15.0 Å². The molecule has 0 saturated carbocycles. The lowest BCUT2D eigenvalue weighted by Crippen LogP contribution is -2.27. The minimum atomic E-state index is -0.536. The fraction of sp³-hybridized carbons (Fsp3) is 0.294. The molecule has 3 rings (SSSR count). The molecular weight excluding hydrogens is 340 g/mol. The number of nitrogens with zero attached hydrogens (tertiary/aromatic N) is 2. The van der Waals surface area contributed by atoms with Gasteiger partial charge in [0.2, 0.25) is 5.88 Å². The molecule has 1 aliphatic heterocycles. The Morgan fingerprint density at radius 3 is 2.60 bits per heavy atom. The highest BCUT2D eigenvalue weighted by Gasteiger charge is 2.22. The Morgan fingerprint density at radius 2 is 1.92 bits per heavy atom. The second-order valence-corrected chi connectivity index (χ2v) is 6.25. The lowest BCUT2D eigenvalue weighted by molar-refractivity contribution is 0.0793. The van der Waals surface area contributed by atoms with Crippen LogP contribution in [0.1, 0.15) is 35.7 Å². The topological polar surface area (TPSA) is 102 Å². The average molecular weight is 358 g/mol. The van der Waals surface area contributed by atoms with Gasteiger partial charge in [-0.15, -0.1) is 0 Å². The van der Waals surface area contributed by atoms with Gasteiger partial charge in [-0.05, 0) is 44.1 Å². The molecule has 130 valence electrons. The third kappa shape index (κ3) is 3.53. The molecule has 0 aliphatic carbocycles. The molecule has 0 radical (unpaired) electrons. The number of para-hydroxylation sites is 1. The van der Waals surface area contributed by atoms with Crippen molar-refractivity contribution in [3.8, 4) is 5.88 Å². The minimum absolute atomic E-state index is 0.00276. The fourth-order valence-corrected chi connectivity index (χ4v) is 3.08. The first-order valence-electron chi connectivity index (χ1n) is 7.97. The summed E-state index contributed by atoms with van der Waals surface area (Å²) in [4.78, 5) is 35.9. The van der Waals surface area contributed by atoms with Gasteiger partial charge in [0, 0.05) is 13.1 Å². The summed E-state index contributed by atoms with van der Waals surface area (Å²) < 4.78 is 0.0312.